The van der Waals surface area contributed by atoms with Gasteiger partial charge in [0.25, 0.3) is 0 Å². The van der Waals surface area contributed by atoms with Crippen LogP contribution in [0.15, 0.2) is 23.2 Å². The quantitative estimate of drug-likeness (QED) is 0.676. The van der Waals surface area contributed by atoms with Gasteiger partial charge in [-0.1, -0.05) is 0 Å². The van der Waals surface area contributed by atoms with Crippen LogP contribution >= 0.6 is 12.4 Å². The van der Waals surface area contributed by atoms with Gasteiger partial charge in [-0.15, -0.1) is 12.4 Å². The van der Waals surface area contributed by atoms with E-state index < -0.39 is 0 Å². The molecule has 0 fully saturated rings. The minimum absolute atomic E-state index is 0. The number of hydrogen-bond acceptors (Lipinski definition) is 2. The number of nitrogens with zero attached hydrogens (tertiary/aromatic N) is 1. The number of fused-ring (bicyclic) bond motifs is 1. The first-order valence-corrected chi connectivity index (χ1v) is 4.07. The topological polar surface area (TPSA) is 21.6 Å². The smallest absolute Gasteiger partial charge is 0.119 e. The maximum atomic E-state index is 5.14. The Bertz CT molecular complexity index is 323. The second-order valence-corrected chi connectivity index (χ2v) is 2.85. The summed E-state index contributed by atoms with van der Waals surface area (Å²) < 4.78 is 5.14. The van der Waals surface area contributed by atoms with Gasteiger partial charge >= 0.3 is 0 Å². The van der Waals surface area contributed by atoms with Gasteiger partial charge in [0, 0.05) is 12.8 Å². The average molecular weight is 198 g/mol. The van der Waals surface area contributed by atoms with Crippen LogP contribution in [0.25, 0.3) is 0 Å². The van der Waals surface area contributed by atoms with Crippen molar-refractivity contribution >= 4 is 18.6 Å². The van der Waals surface area contributed by atoms with Crippen LogP contribution in [0.4, 0.5) is 0 Å². The number of aliphatic imine (C=N–C) groups is 1. The number of hydrogen-bond donors (Lipinski definition) is 0. The van der Waals surface area contributed by atoms with E-state index in [4.69, 9.17) is 4.74 Å². The third-order valence-electron chi connectivity index (χ3n) is 2.09. The van der Waals surface area contributed by atoms with Crippen LogP contribution in [0, 0.1) is 0 Å². The first-order chi connectivity index (χ1) is 5.90. The van der Waals surface area contributed by atoms with E-state index in [0.29, 0.717) is 0 Å². The highest BCUT2D eigenvalue weighted by Crippen LogP contribution is 2.18. The summed E-state index contributed by atoms with van der Waals surface area (Å²) in [7, 11) is 1.69. The van der Waals surface area contributed by atoms with Crippen molar-refractivity contribution in [1.29, 1.82) is 0 Å². The zero-order valence-electron chi connectivity index (χ0n) is 7.49. The Hall–Kier alpha value is -1.02. The lowest BCUT2D eigenvalue weighted by Crippen LogP contribution is -2.02. The lowest BCUT2D eigenvalue weighted by Gasteiger charge is -2.10. The van der Waals surface area contributed by atoms with Crippen LogP contribution in [-0.4, -0.2) is 19.9 Å². The van der Waals surface area contributed by atoms with Crippen LogP contribution in [0.5, 0.6) is 5.75 Å². The second kappa shape index (κ2) is 4.28. The molecule has 1 aliphatic heterocycles. The predicted octanol–water partition coefficient (Wildman–Crippen LogP) is 2.09. The molecule has 0 amide bonds. The van der Waals surface area contributed by atoms with E-state index in [2.05, 4.69) is 17.1 Å². The van der Waals surface area contributed by atoms with Crippen LogP contribution in [-0.2, 0) is 6.42 Å². The molecule has 3 heteroatoms. The highest BCUT2D eigenvalue weighted by molar-refractivity contribution is 5.85. The summed E-state index contributed by atoms with van der Waals surface area (Å²) in [6, 6.07) is 6.10. The molecule has 0 radical (unpaired) electrons. The molecule has 0 unspecified atom stereocenters. The fraction of sp³-hybridized carbons (Fsp3) is 0.300. The van der Waals surface area contributed by atoms with E-state index in [0.717, 1.165) is 18.7 Å². The highest BCUT2D eigenvalue weighted by atomic mass is 35.5. The standard InChI is InChI=1S/C10H11NO.ClH/c1-12-10-3-2-9-7-11-5-4-8(9)6-10;/h2-3,6-7H,4-5H2,1H3;1H. The van der Waals surface area contributed by atoms with Crippen molar-refractivity contribution < 1.29 is 4.74 Å². The van der Waals surface area contributed by atoms with Crippen molar-refractivity contribution in [2.75, 3.05) is 13.7 Å². The summed E-state index contributed by atoms with van der Waals surface area (Å²) in [5.74, 6) is 0.934. The van der Waals surface area contributed by atoms with E-state index in [9.17, 15) is 0 Å². The Balaban J connectivity index is 0.000000845. The molecule has 0 N–H and O–H groups in total. The Labute approximate surface area is 84.0 Å². The van der Waals surface area contributed by atoms with Gasteiger partial charge in [0.1, 0.15) is 5.75 Å². The van der Waals surface area contributed by atoms with Crippen molar-refractivity contribution in [1.82, 2.24) is 0 Å². The third kappa shape index (κ3) is 2.01. The Kier molecular flexibility index (Phi) is 3.32. The molecule has 0 atom stereocenters. The van der Waals surface area contributed by atoms with Gasteiger partial charge in [-0.3, -0.25) is 4.99 Å². The molecule has 0 aromatic heterocycles. The SMILES string of the molecule is COc1ccc2c(c1)CCN=C2.Cl. The van der Waals surface area contributed by atoms with Gasteiger partial charge in [0.15, 0.2) is 0 Å². The Morgan fingerprint density at radius 1 is 1.38 bits per heavy atom. The van der Waals surface area contributed by atoms with Crippen molar-refractivity contribution in [3.63, 3.8) is 0 Å². The van der Waals surface area contributed by atoms with Crippen molar-refractivity contribution in [2.45, 2.75) is 6.42 Å². The first-order valence-electron chi connectivity index (χ1n) is 4.07. The van der Waals surface area contributed by atoms with Crippen molar-refractivity contribution in [3.8, 4) is 5.75 Å². The molecule has 13 heavy (non-hydrogen) atoms. The molecule has 0 saturated heterocycles. The number of benzene rings is 1. The van der Waals surface area contributed by atoms with Gasteiger partial charge in [-0.25, -0.2) is 0 Å². The highest BCUT2D eigenvalue weighted by Gasteiger charge is 2.05. The van der Waals surface area contributed by atoms with Crippen LogP contribution in [0.3, 0.4) is 0 Å². The summed E-state index contributed by atoms with van der Waals surface area (Å²) in [5.41, 5.74) is 2.56. The number of methoxy groups -OCH3 is 1. The fourth-order valence-electron chi connectivity index (χ4n) is 1.40. The summed E-state index contributed by atoms with van der Waals surface area (Å²) >= 11 is 0. The average Bonchev–Trinajstić information content (AvgIpc) is 2.17. The minimum atomic E-state index is 0. The third-order valence-corrected chi connectivity index (χ3v) is 2.09. The van der Waals surface area contributed by atoms with Crippen LogP contribution < -0.4 is 4.74 Å². The van der Waals surface area contributed by atoms with Gasteiger partial charge in [-0.2, -0.15) is 0 Å². The minimum Gasteiger partial charge on any atom is -0.497 e. The van der Waals surface area contributed by atoms with E-state index in [1.165, 1.54) is 11.1 Å². The summed E-state index contributed by atoms with van der Waals surface area (Å²) in [6.45, 7) is 0.903. The lowest BCUT2D eigenvalue weighted by atomic mass is 10.0. The predicted molar refractivity (Wildman–Crippen MR) is 56.4 cm³/mol. The molecule has 0 saturated carbocycles. The summed E-state index contributed by atoms with van der Waals surface area (Å²) in [4.78, 5) is 4.21. The number of rotatable bonds is 1. The molecule has 2 rings (SSSR count). The fourth-order valence-corrected chi connectivity index (χ4v) is 1.40. The Morgan fingerprint density at radius 3 is 3.00 bits per heavy atom. The second-order valence-electron chi connectivity index (χ2n) is 2.85. The maximum absolute atomic E-state index is 5.14. The van der Waals surface area contributed by atoms with Gasteiger partial charge in [0.05, 0.1) is 7.11 Å². The van der Waals surface area contributed by atoms with Crippen molar-refractivity contribution in [2.24, 2.45) is 4.99 Å². The first kappa shape index (κ1) is 10.1. The molecule has 2 nitrogen and oxygen atoms in total. The van der Waals surface area contributed by atoms with Gasteiger partial charge < -0.3 is 4.74 Å². The monoisotopic (exact) mass is 197 g/mol. The van der Waals surface area contributed by atoms with Crippen LogP contribution in [0.2, 0.25) is 0 Å². The zero-order chi connectivity index (χ0) is 8.39. The largest absolute Gasteiger partial charge is 0.497 e. The van der Waals surface area contributed by atoms with E-state index in [1.54, 1.807) is 7.11 Å². The normalized spacial score (nSPS) is 13.0. The van der Waals surface area contributed by atoms with E-state index in [1.807, 2.05) is 12.3 Å². The maximum Gasteiger partial charge on any atom is 0.119 e. The number of halogens is 1. The van der Waals surface area contributed by atoms with Crippen LogP contribution in [0.1, 0.15) is 11.1 Å². The van der Waals surface area contributed by atoms with Crippen molar-refractivity contribution in [3.05, 3.63) is 29.3 Å². The molecule has 0 bridgehead atoms. The molecule has 70 valence electrons. The number of ether oxygens (including phenoxy) is 1. The summed E-state index contributed by atoms with van der Waals surface area (Å²) in [6.07, 6.45) is 2.96. The molecule has 1 aliphatic rings. The van der Waals surface area contributed by atoms with E-state index >= 15 is 0 Å². The molecule has 1 aromatic carbocycles. The molecule has 1 heterocycles. The molecular weight excluding hydrogens is 186 g/mol. The lowest BCUT2D eigenvalue weighted by molar-refractivity contribution is 0.414. The molecular formula is C10H12ClNO. The zero-order valence-corrected chi connectivity index (χ0v) is 8.30. The molecule has 0 spiro atoms. The summed E-state index contributed by atoms with van der Waals surface area (Å²) in [5, 5.41) is 0. The molecule has 0 aliphatic carbocycles. The molecule has 1 aromatic rings. The van der Waals surface area contributed by atoms with Gasteiger partial charge in [-0.05, 0) is 35.7 Å². The van der Waals surface area contributed by atoms with E-state index in [-0.39, 0.29) is 12.4 Å². The van der Waals surface area contributed by atoms with Gasteiger partial charge in [0.2, 0.25) is 0 Å². The Morgan fingerprint density at radius 2 is 2.23 bits per heavy atom.